The van der Waals surface area contributed by atoms with Gasteiger partial charge in [-0.05, 0) is 44.5 Å². The molecule has 1 fully saturated rings. The quantitative estimate of drug-likeness (QED) is 0.727. The van der Waals surface area contributed by atoms with Crippen molar-refractivity contribution in [3.63, 3.8) is 0 Å². The highest BCUT2D eigenvalue weighted by molar-refractivity contribution is 6.22. The van der Waals surface area contributed by atoms with Crippen LogP contribution in [0.4, 0.5) is 0 Å². The van der Waals surface area contributed by atoms with Crippen molar-refractivity contribution in [3.8, 4) is 0 Å². The molecule has 1 aromatic carbocycles. The van der Waals surface area contributed by atoms with E-state index in [1.165, 1.54) is 0 Å². The molecule has 4 rings (SSSR count). The first-order valence-corrected chi connectivity index (χ1v) is 10.4. The minimum Gasteiger partial charge on any atom is -0.340 e. The summed E-state index contributed by atoms with van der Waals surface area (Å²) in [6, 6.07) is 11.9. The molecule has 7 heteroatoms. The minimum atomic E-state index is -0.817. The molecule has 0 saturated carbocycles. The van der Waals surface area contributed by atoms with Crippen LogP contribution in [0.3, 0.4) is 0 Å². The molecule has 156 valence electrons. The Bertz CT molecular complexity index is 955. The van der Waals surface area contributed by atoms with E-state index in [1.807, 2.05) is 25.1 Å². The van der Waals surface area contributed by atoms with Gasteiger partial charge >= 0.3 is 0 Å². The van der Waals surface area contributed by atoms with Gasteiger partial charge in [-0.25, -0.2) is 0 Å². The summed E-state index contributed by atoms with van der Waals surface area (Å²) in [4.78, 5) is 48.3. The van der Waals surface area contributed by atoms with Crippen molar-refractivity contribution in [2.24, 2.45) is 0 Å². The lowest BCUT2D eigenvalue weighted by Crippen LogP contribution is -2.50. The van der Waals surface area contributed by atoms with Crippen LogP contribution in [-0.2, 0) is 11.3 Å². The number of nitrogens with zero attached hydrogens (tertiary/aromatic N) is 4. The van der Waals surface area contributed by atoms with Crippen LogP contribution in [0.15, 0.2) is 42.5 Å². The molecular formula is C23H26N4O3. The van der Waals surface area contributed by atoms with Gasteiger partial charge in [0, 0.05) is 38.4 Å². The molecule has 2 aliphatic rings. The summed E-state index contributed by atoms with van der Waals surface area (Å²) >= 11 is 0. The van der Waals surface area contributed by atoms with Gasteiger partial charge < -0.3 is 4.90 Å². The number of carbonyl (C=O) groups is 3. The van der Waals surface area contributed by atoms with Gasteiger partial charge in [-0.2, -0.15) is 0 Å². The van der Waals surface area contributed by atoms with Gasteiger partial charge in [-0.15, -0.1) is 0 Å². The molecule has 3 heterocycles. The topological polar surface area (TPSA) is 73.8 Å². The lowest BCUT2D eigenvalue weighted by Gasteiger charge is -2.28. The maximum absolute atomic E-state index is 13.1. The Hall–Kier alpha value is -3.06. The van der Waals surface area contributed by atoms with Crippen molar-refractivity contribution < 1.29 is 14.4 Å². The highest BCUT2D eigenvalue weighted by atomic mass is 16.2. The molecule has 2 aliphatic heterocycles. The van der Waals surface area contributed by atoms with Crippen molar-refractivity contribution in [3.05, 3.63) is 65.0 Å². The Morgan fingerprint density at radius 1 is 0.967 bits per heavy atom. The highest BCUT2D eigenvalue weighted by Crippen LogP contribution is 2.25. The lowest BCUT2D eigenvalue weighted by atomic mass is 10.1. The summed E-state index contributed by atoms with van der Waals surface area (Å²) in [7, 11) is 0. The van der Waals surface area contributed by atoms with E-state index in [2.05, 4.69) is 9.88 Å². The fourth-order valence-corrected chi connectivity index (χ4v) is 4.20. The largest absolute Gasteiger partial charge is 0.340 e. The molecule has 0 aliphatic carbocycles. The molecule has 3 amide bonds. The van der Waals surface area contributed by atoms with E-state index >= 15 is 0 Å². The molecule has 0 N–H and O–H groups in total. The Balaban J connectivity index is 1.40. The van der Waals surface area contributed by atoms with E-state index in [-0.39, 0.29) is 5.91 Å². The Morgan fingerprint density at radius 3 is 2.33 bits per heavy atom. The predicted molar refractivity (Wildman–Crippen MR) is 112 cm³/mol. The summed E-state index contributed by atoms with van der Waals surface area (Å²) in [5, 5.41) is 0. The summed E-state index contributed by atoms with van der Waals surface area (Å²) in [6.07, 6.45) is 0.840. The number of hydrogen-bond acceptors (Lipinski definition) is 5. The van der Waals surface area contributed by atoms with Gasteiger partial charge in [0.05, 0.1) is 16.8 Å². The van der Waals surface area contributed by atoms with Gasteiger partial charge in [0.2, 0.25) is 5.91 Å². The summed E-state index contributed by atoms with van der Waals surface area (Å²) in [6.45, 7) is 7.16. The molecule has 0 spiro atoms. The Kier molecular flexibility index (Phi) is 5.63. The van der Waals surface area contributed by atoms with Gasteiger partial charge in [-0.1, -0.05) is 18.2 Å². The summed E-state index contributed by atoms with van der Waals surface area (Å²) in [5.74, 6) is -0.961. The van der Waals surface area contributed by atoms with Crippen LogP contribution in [-0.4, -0.2) is 69.6 Å². The van der Waals surface area contributed by atoms with E-state index in [9.17, 15) is 14.4 Å². The number of imide groups is 1. The maximum Gasteiger partial charge on any atom is 0.262 e. The third kappa shape index (κ3) is 3.85. The van der Waals surface area contributed by atoms with Gasteiger partial charge in [0.25, 0.3) is 11.8 Å². The van der Waals surface area contributed by atoms with Crippen LogP contribution in [0.1, 0.15) is 45.4 Å². The van der Waals surface area contributed by atoms with Crippen LogP contribution < -0.4 is 0 Å². The zero-order chi connectivity index (χ0) is 21.3. The number of hydrogen-bond donors (Lipinski definition) is 0. The van der Waals surface area contributed by atoms with Crippen molar-refractivity contribution in [1.82, 2.24) is 19.7 Å². The van der Waals surface area contributed by atoms with Crippen molar-refractivity contribution in [2.75, 3.05) is 26.2 Å². The molecule has 1 unspecified atom stereocenters. The first-order chi connectivity index (χ1) is 14.5. The van der Waals surface area contributed by atoms with Crippen LogP contribution in [0.5, 0.6) is 0 Å². The molecule has 2 aromatic rings. The molecule has 7 nitrogen and oxygen atoms in total. The van der Waals surface area contributed by atoms with Gasteiger partial charge in [0.1, 0.15) is 6.04 Å². The predicted octanol–water partition coefficient (Wildman–Crippen LogP) is 2.11. The van der Waals surface area contributed by atoms with E-state index in [0.717, 1.165) is 42.3 Å². The fourth-order valence-electron chi connectivity index (χ4n) is 4.20. The summed E-state index contributed by atoms with van der Waals surface area (Å²) in [5.41, 5.74) is 2.76. The molecule has 0 bridgehead atoms. The smallest absolute Gasteiger partial charge is 0.262 e. The second kappa shape index (κ2) is 8.36. The molecule has 30 heavy (non-hydrogen) atoms. The van der Waals surface area contributed by atoms with Crippen molar-refractivity contribution in [2.45, 2.75) is 32.9 Å². The minimum absolute atomic E-state index is 0.181. The second-order valence-corrected chi connectivity index (χ2v) is 7.93. The first kappa shape index (κ1) is 20.2. The number of pyridine rings is 1. The van der Waals surface area contributed by atoms with Crippen molar-refractivity contribution >= 4 is 17.7 Å². The van der Waals surface area contributed by atoms with E-state index in [1.54, 1.807) is 36.1 Å². The molecular weight excluding hydrogens is 380 g/mol. The standard InChI is InChI=1S/C23H26N4O3/c1-16-7-5-8-18(24-16)15-25-11-6-12-26(14-13-25)21(28)17(2)27-22(29)19-9-3-4-10-20(19)23(27)30/h3-5,7-10,17H,6,11-15H2,1-2H3. The SMILES string of the molecule is Cc1cccc(CN2CCCN(C(=O)C(C)N3C(=O)c4ccccc4C3=O)CC2)n1. The van der Waals surface area contributed by atoms with Gasteiger partial charge in [-0.3, -0.25) is 29.2 Å². The average molecular weight is 406 g/mol. The average Bonchev–Trinajstić information content (AvgIpc) is 2.88. The summed E-state index contributed by atoms with van der Waals surface area (Å²) < 4.78 is 0. The third-order valence-corrected chi connectivity index (χ3v) is 5.80. The normalized spacial score (nSPS) is 18.3. The van der Waals surface area contributed by atoms with E-state index < -0.39 is 17.9 Å². The maximum atomic E-state index is 13.1. The highest BCUT2D eigenvalue weighted by Gasteiger charge is 2.41. The molecule has 1 saturated heterocycles. The number of amides is 3. The fraction of sp³-hybridized carbons (Fsp3) is 0.391. The first-order valence-electron chi connectivity index (χ1n) is 10.4. The Morgan fingerprint density at radius 2 is 1.67 bits per heavy atom. The number of benzene rings is 1. The lowest BCUT2D eigenvalue weighted by molar-refractivity contribution is -0.134. The van der Waals surface area contributed by atoms with E-state index in [4.69, 9.17) is 0 Å². The zero-order valence-corrected chi connectivity index (χ0v) is 17.4. The zero-order valence-electron chi connectivity index (χ0n) is 17.4. The van der Waals surface area contributed by atoms with Crippen LogP contribution >= 0.6 is 0 Å². The number of carbonyl (C=O) groups excluding carboxylic acids is 3. The monoisotopic (exact) mass is 406 g/mol. The van der Waals surface area contributed by atoms with E-state index in [0.29, 0.717) is 24.2 Å². The Labute approximate surface area is 176 Å². The second-order valence-electron chi connectivity index (χ2n) is 7.93. The molecule has 0 radical (unpaired) electrons. The number of fused-ring (bicyclic) bond motifs is 1. The molecule has 1 atom stereocenters. The molecule has 1 aromatic heterocycles. The third-order valence-electron chi connectivity index (χ3n) is 5.80. The van der Waals surface area contributed by atoms with Crippen LogP contribution in [0.25, 0.3) is 0 Å². The van der Waals surface area contributed by atoms with Gasteiger partial charge in [0.15, 0.2) is 0 Å². The number of aromatic nitrogens is 1. The van der Waals surface area contributed by atoms with Crippen LogP contribution in [0.2, 0.25) is 0 Å². The van der Waals surface area contributed by atoms with Crippen LogP contribution in [0, 0.1) is 6.92 Å². The number of aryl methyl sites for hydroxylation is 1. The number of rotatable bonds is 4. The van der Waals surface area contributed by atoms with Crippen molar-refractivity contribution in [1.29, 1.82) is 0 Å².